The third kappa shape index (κ3) is 2.02. The first-order valence-electron chi connectivity index (χ1n) is 3.31. The van der Waals surface area contributed by atoms with Crippen molar-refractivity contribution in [2.45, 2.75) is 0 Å². The summed E-state index contributed by atoms with van der Waals surface area (Å²) in [5, 5.41) is 3.64. The van der Waals surface area contributed by atoms with Gasteiger partial charge in [-0.15, -0.1) is 9.24 Å². The Labute approximate surface area is 68.2 Å². The van der Waals surface area contributed by atoms with Crippen LogP contribution >= 0.6 is 9.24 Å². The zero-order chi connectivity index (χ0) is 8.27. The molecule has 0 saturated carbocycles. The highest BCUT2D eigenvalue weighted by Crippen LogP contribution is 1.97. The van der Waals surface area contributed by atoms with Crippen LogP contribution in [0.15, 0.2) is 24.3 Å². The van der Waals surface area contributed by atoms with Crippen LogP contribution in [0.5, 0.6) is 0 Å². The Morgan fingerprint density at radius 1 is 1.36 bits per heavy atom. The van der Waals surface area contributed by atoms with Crippen molar-refractivity contribution in [1.82, 2.24) is 5.32 Å². The van der Waals surface area contributed by atoms with Crippen molar-refractivity contribution < 1.29 is 4.79 Å². The molecule has 1 N–H and O–H groups in total. The highest BCUT2D eigenvalue weighted by molar-refractivity contribution is 7.27. The normalized spacial score (nSPS) is 9.27. The molecule has 1 atom stereocenters. The molecule has 0 spiro atoms. The summed E-state index contributed by atoms with van der Waals surface area (Å²) in [6.07, 6.45) is 0. The van der Waals surface area contributed by atoms with Gasteiger partial charge in [0.2, 0.25) is 0 Å². The lowest BCUT2D eigenvalue weighted by Gasteiger charge is -1.98. The van der Waals surface area contributed by atoms with Gasteiger partial charge >= 0.3 is 0 Å². The van der Waals surface area contributed by atoms with Crippen molar-refractivity contribution in [3.8, 4) is 0 Å². The lowest BCUT2D eigenvalue weighted by atomic mass is 10.2. The Hall–Kier alpha value is -0.880. The second-order valence-corrected chi connectivity index (χ2v) is 2.87. The Morgan fingerprint density at radius 2 is 1.91 bits per heavy atom. The molecule has 1 amide bonds. The predicted molar refractivity (Wildman–Crippen MR) is 49.2 cm³/mol. The maximum absolute atomic E-state index is 11.0. The molecule has 0 aliphatic heterocycles. The van der Waals surface area contributed by atoms with Gasteiger partial charge in [-0.25, -0.2) is 0 Å². The van der Waals surface area contributed by atoms with Gasteiger partial charge in [-0.05, 0) is 17.4 Å². The number of hydrogen-bond acceptors (Lipinski definition) is 1. The first-order chi connectivity index (χ1) is 5.24. The molecule has 11 heavy (non-hydrogen) atoms. The molecule has 1 rings (SSSR count). The van der Waals surface area contributed by atoms with E-state index in [9.17, 15) is 4.79 Å². The summed E-state index contributed by atoms with van der Waals surface area (Å²) >= 11 is 0. The summed E-state index contributed by atoms with van der Waals surface area (Å²) in [7, 11) is 4.19. The minimum atomic E-state index is -0.0463. The van der Waals surface area contributed by atoms with E-state index in [0.29, 0.717) is 5.56 Å². The molecule has 0 radical (unpaired) electrons. The molecule has 0 aromatic heterocycles. The molecular weight excluding hydrogens is 157 g/mol. The lowest BCUT2D eigenvalue weighted by molar-refractivity contribution is 0.0963. The number of hydrogen-bond donors (Lipinski definition) is 1. The van der Waals surface area contributed by atoms with Crippen LogP contribution in [0.2, 0.25) is 0 Å². The number of carbonyl (C=O) groups excluding carboxylic acids is 1. The fourth-order valence-electron chi connectivity index (χ4n) is 0.779. The van der Waals surface area contributed by atoms with Crippen LogP contribution in [0, 0.1) is 0 Å². The average molecular weight is 167 g/mol. The second kappa shape index (κ2) is 3.49. The van der Waals surface area contributed by atoms with Crippen LogP contribution in [0.1, 0.15) is 10.4 Å². The van der Waals surface area contributed by atoms with Gasteiger partial charge in [0.05, 0.1) is 0 Å². The van der Waals surface area contributed by atoms with Crippen LogP contribution in [0.25, 0.3) is 0 Å². The first-order valence-corrected chi connectivity index (χ1v) is 3.89. The first kappa shape index (κ1) is 8.22. The smallest absolute Gasteiger partial charge is 0.251 e. The van der Waals surface area contributed by atoms with E-state index in [0.717, 1.165) is 5.30 Å². The van der Waals surface area contributed by atoms with E-state index in [1.54, 1.807) is 19.2 Å². The number of rotatable bonds is 1. The highest BCUT2D eigenvalue weighted by atomic mass is 31.0. The summed E-state index contributed by atoms with van der Waals surface area (Å²) in [6, 6.07) is 7.35. The van der Waals surface area contributed by atoms with Crippen molar-refractivity contribution in [3.63, 3.8) is 0 Å². The van der Waals surface area contributed by atoms with Crippen LogP contribution in [-0.2, 0) is 0 Å². The van der Waals surface area contributed by atoms with Crippen molar-refractivity contribution in [2.75, 3.05) is 7.05 Å². The van der Waals surface area contributed by atoms with Gasteiger partial charge in [0.1, 0.15) is 0 Å². The largest absolute Gasteiger partial charge is 0.355 e. The Bertz CT molecular complexity index is 255. The second-order valence-electron chi connectivity index (χ2n) is 2.20. The molecule has 1 aromatic carbocycles. The molecule has 58 valence electrons. The van der Waals surface area contributed by atoms with Gasteiger partial charge in [-0.2, -0.15) is 0 Å². The average Bonchev–Trinajstić information content (AvgIpc) is 2.05. The minimum Gasteiger partial charge on any atom is -0.355 e. The van der Waals surface area contributed by atoms with E-state index < -0.39 is 0 Å². The Balaban J connectivity index is 2.90. The topological polar surface area (TPSA) is 29.1 Å². The van der Waals surface area contributed by atoms with Crippen molar-refractivity contribution >= 4 is 20.5 Å². The van der Waals surface area contributed by atoms with Crippen molar-refractivity contribution in [3.05, 3.63) is 29.8 Å². The third-order valence-corrected chi connectivity index (χ3v) is 1.78. The fraction of sp³-hybridized carbons (Fsp3) is 0.125. The van der Waals surface area contributed by atoms with Gasteiger partial charge in [0, 0.05) is 12.6 Å². The zero-order valence-electron chi connectivity index (χ0n) is 6.29. The van der Waals surface area contributed by atoms with Crippen molar-refractivity contribution in [2.24, 2.45) is 0 Å². The van der Waals surface area contributed by atoms with Gasteiger partial charge in [-0.3, -0.25) is 4.79 Å². The number of amides is 1. The summed E-state index contributed by atoms with van der Waals surface area (Å²) in [6.45, 7) is 0. The minimum absolute atomic E-state index is 0.0463. The van der Waals surface area contributed by atoms with Gasteiger partial charge < -0.3 is 5.32 Å². The van der Waals surface area contributed by atoms with Crippen LogP contribution in [0.4, 0.5) is 0 Å². The SMILES string of the molecule is CNC(=O)c1ccc(P)cc1. The van der Waals surface area contributed by atoms with Gasteiger partial charge in [0.15, 0.2) is 0 Å². The maximum Gasteiger partial charge on any atom is 0.251 e. The fourth-order valence-corrected chi connectivity index (χ4v) is 0.971. The van der Waals surface area contributed by atoms with E-state index in [-0.39, 0.29) is 5.91 Å². The zero-order valence-corrected chi connectivity index (χ0v) is 7.45. The Morgan fingerprint density at radius 3 is 2.36 bits per heavy atom. The summed E-state index contributed by atoms with van der Waals surface area (Å²) < 4.78 is 0. The van der Waals surface area contributed by atoms with E-state index in [2.05, 4.69) is 14.6 Å². The van der Waals surface area contributed by atoms with Crippen molar-refractivity contribution in [1.29, 1.82) is 0 Å². The molecule has 1 unspecified atom stereocenters. The molecule has 0 aliphatic rings. The molecular formula is C8H10NOP. The molecule has 1 aromatic rings. The monoisotopic (exact) mass is 167 g/mol. The highest BCUT2D eigenvalue weighted by Gasteiger charge is 1.99. The molecule has 0 heterocycles. The van der Waals surface area contributed by atoms with Gasteiger partial charge in [0.25, 0.3) is 5.91 Å². The summed E-state index contributed by atoms with van der Waals surface area (Å²) in [5.74, 6) is -0.0463. The number of benzene rings is 1. The molecule has 0 fully saturated rings. The Kier molecular flexibility index (Phi) is 2.61. The molecule has 3 heteroatoms. The van der Waals surface area contributed by atoms with E-state index in [1.165, 1.54) is 0 Å². The van der Waals surface area contributed by atoms with Crippen LogP contribution in [-0.4, -0.2) is 13.0 Å². The quantitative estimate of drug-likeness (QED) is 0.608. The van der Waals surface area contributed by atoms with E-state index in [1.807, 2.05) is 12.1 Å². The third-order valence-electron chi connectivity index (χ3n) is 1.40. The molecule has 0 aliphatic carbocycles. The predicted octanol–water partition coefficient (Wildman–Crippen LogP) is 0.547. The lowest BCUT2D eigenvalue weighted by Crippen LogP contribution is -2.17. The van der Waals surface area contributed by atoms with E-state index in [4.69, 9.17) is 0 Å². The number of nitrogens with one attached hydrogen (secondary N) is 1. The van der Waals surface area contributed by atoms with E-state index >= 15 is 0 Å². The molecule has 2 nitrogen and oxygen atoms in total. The summed E-state index contributed by atoms with van der Waals surface area (Å²) in [5.41, 5.74) is 0.693. The molecule has 0 bridgehead atoms. The maximum atomic E-state index is 11.0. The summed E-state index contributed by atoms with van der Waals surface area (Å²) in [4.78, 5) is 11.0. The van der Waals surface area contributed by atoms with Crippen LogP contribution in [0.3, 0.4) is 0 Å². The number of carbonyl (C=O) groups is 1. The van der Waals surface area contributed by atoms with Crippen LogP contribution < -0.4 is 10.6 Å². The standard InChI is InChI=1S/C8H10NOP/c1-9-8(10)6-2-4-7(11)5-3-6/h2-5H,11H2,1H3,(H,9,10). The van der Waals surface area contributed by atoms with Gasteiger partial charge in [-0.1, -0.05) is 12.1 Å². The molecule has 0 saturated heterocycles.